The molecule has 14 heteroatoms. The first-order valence-corrected chi connectivity index (χ1v) is 12.4. The number of rotatable bonds is 12. The van der Waals surface area contributed by atoms with Crippen LogP contribution < -0.4 is 15.0 Å². The summed E-state index contributed by atoms with van der Waals surface area (Å²) in [5.74, 6) is -2.24. The van der Waals surface area contributed by atoms with E-state index in [4.69, 9.17) is 5.21 Å². The maximum absolute atomic E-state index is 14.2. The molecule has 0 fully saturated rings. The Kier molecular flexibility index (Phi) is 10.3. The van der Waals surface area contributed by atoms with E-state index in [9.17, 15) is 35.8 Å². The number of ether oxygens (including phenoxy) is 2. The molecule has 4 N–H and O–H groups in total. The number of benzene rings is 2. The molecule has 1 aromatic heterocycles. The van der Waals surface area contributed by atoms with Crippen LogP contribution in [0.3, 0.4) is 0 Å². The zero-order valence-corrected chi connectivity index (χ0v) is 21.5. The first-order chi connectivity index (χ1) is 18.9. The van der Waals surface area contributed by atoms with Gasteiger partial charge in [-0.3, -0.25) is 0 Å². The average molecular weight is 594 g/mol. The Morgan fingerprint density at radius 1 is 1.02 bits per heavy atom. The third kappa shape index (κ3) is 7.18. The Morgan fingerprint density at radius 2 is 1.68 bits per heavy atom. The van der Waals surface area contributed by atoms with E-state index in [2.05, 4.69) is 14.5 Å². The molecule has 0 bridgehead atoms. The molecule has 1 heterocycles. The molecule has 0 aliphatic rings. The summed E-state index contributed by atoms with van der Waals surface area (Å²) < 4.78 is 103. The SMILES string of the molecule is C/C=C(\C=C/[NH2+]O)CC(c1ccc(OC(F)F)c(OC(F)F)c1)c1cnc(C(O)(c2ccccc2)C(F)(F)F)s1. The van der Waals surface area contributed by atoms with Gasteiger partial charge in [0.25, 0.3) is 0 Å². The van der Waals surface area contributed by atoms with E-state index < -0.39 is 53.0 Å². The molecule has 0 aliphatic carbocycles. The minimum Gasteiger partial charge on any atom is -0.431 e. The molecule has 0 radical (unpaired) electrons. The van der Waals surface area contributed by atoms with Crippen LogP contribution in [-0.4, -0.2) is 34.7 Å². The highest BCUT2D eigenvalue weighted by molar-refractivity contribution is 7.11. The van der Waals surface area contributed by atoms with E-state index in [0.717, 1.165) is 35.9 Å². The Bertz CT molecular complexity index is 1320. The summed E-state index contributed by atoms with van der Waals surface area (Å²) in [4.78, 5) is 4.08. The van der Waals surface area contributed by atoms with Gasteiger partial charge in [0.2, 0.25) is 5.60 Å². The van der Waals surface area contributed by atoms with Crippen LogP contribution in [0.25, 0.3) is 0 Å². The summed E-state index contributed by atoms with van der Waals surface area (Å²) in [7, 11) is 0. The lowest BCUT2D eigenvalue weighted by atomic mass is 9.90. The molecule has 2 unspecified atom stereocenters. The summed E-state index contributed by atoms with van der Waals surface area (Å²) in [6.45, 7) is -5.06. The van der Waals surface area contributed by atoms with Crippen LogP contribution in [0.5, 0.6) is 11.5 Å². The van der Waals surface area contributed by atoms with Gasteiger partial charge in [-0.1, -0.05) is 42.5 Å². The fourth-order valence-electron chi connectivity index (χ4n) is 3.89. The van der Waals surface area contributed by atoms with Crippen LogP contribution >= 0.6 is 11.3 Å². The average Bonchev–Trinajstić information content (AvgIpc) is 3.39. The number of allylic oxidation sites excluding steroid dienone is 3. The maximum atomic E-state index is 14.2. The van der Waals surface area contributed by atoms with Crippen LogP contribution in [0.15, 0.2) is 78.7 Å². The number of quaternary nitrogens is 1. The van der Waals surface area contributed by atoms with Crippen LogP contribution in [0.1, 0.15) is 40.3 Å². The van der Waals surface area contributed by atoms with Crippen molar-refractivity contribution in [3.05, 3.63) is 99.7 Å². The topological polar surface area (TPSA) is 88.4 Å². The van der Waals surface area contributed by atoms with Crippen LogP contribution in [0.2, 0.25) is 0 Å². The molecule has 0 saturated heterocycles. The van der Waals surface area contributed by atoms with E-state index >= 15 is 0 Å². The summed E-state index contributed by atoms with van der Waals surface area (Å²) in [5.41, 5.74) is -2.38. The molecule has 6 nitrogen and oxygen atoms in total. The summed E-state index contributed by atoms with van der Waals surface area (Å²) in [5, 5.41) is 19.3. The zero-order valence-electron chi connectivity index (χ0n) is 20.7. The predicted molar refractivity (Wildman–Crippen MR) is 130 cm³/mol. The lowest BCUT2D eigenvalue weighted by Gasteiger charge is -2.29. The van der Waals surface area contributed by atoms with Gasteiger partial charge in [0.1, 0.15) is 11.2 Å². The number of nitrogens with two attached hydrogens (primary N) is 1. The van der Waals surface area contributed by atoms with Crippen molar-refractivity contribution in [3.63, 3.8) is 0 Å². The standard InChI is InChI=1S/C26H23F7N2O4S/c1-2-15(10-11-35-37)12-18(16-8-9-19(38-23(27)28)20(13-16)39-24(29)30)21-14-34-22(40-21)25(36,26(31,32)33)17-6-4-3-5-7-17/h2-11,13-14,18,23-24,35-37H,12H2,1H3/p+1/b11-10-,15-2+. The number of aromatic nitrogens is 1. The van der Waals surface area contributed by atoms with Crippen molar-refractivity contribution in [2.24, 2.45) is 0 Å². The number of alkyl halides is 7. The van der Waals surface area contributed by atoms with Crippen molar-refractivity contribution < 1.29 is 56.0 Å². The Hall–Kier alpha value is -3.46. The summed E-state index contributed by atoms with van der Waals surface area (Å²) in [6.07, 6.45) is 0.483. The first-order valence-electron chi connectivity index (χ1n) is 11.5. The molecule has 3 rings (SSSR count). The number of hydrogen-bond acceptors (Lipinski definition) is 6. The van der Waals surface area contributed by atoms with E-state index in [-0.39, 0.29) is 16.9 Å². The molecule has 3 aromatic rings. The molecule has 0 spiro atoms. The maximum Gasteiger partial charge on any atom is 0.428 e. The Balaban J connectivity index is 2.16. The molecule has 0 amide bonds. The number of hydrogen-bond donors (Lipinski definition) is 3. The quantitative estimate of drug-likeness (QED) is 0.135. The number of halogens is 7. The smallest absolute Gasteiger partial charge is 0.428 e. The van der Waals surface area contributed by atoms with Gasteiger partial charge in [-0.15, -0.1) is 11.3 Å². The third-order valence-electron chi connectivity index (χ3n) is 5.79. The minimum atomic E-state index is -5.15. The van der Waals surface area contributed by atoms with E-state index in [1.165, 1.54) is 36.5 Å². The molecule has 216 valence electrons. The molecule has 2 aromatic carbocycles. The highest BCUT2D eigenvalue weighted by atomic mass is 32.1. The molecular weight excluding hydrogens is 569 g/mol. The Morgan fingerprint density at radius 3 is 2.25 bits per heavy atom. The fraction of sp³-hybridized carbons (Fsp3) is 0.269. The largest absolute Gasteiger partial charge is 0.431 e. The van der Waals surface area contributed by atoms with Gasteiger partial charge < -0.3 is 14.6 Å². The van der Waals surface area contributed by atoms with E-state index in [1.54, 1.807) is 13.0 Å². The second-order valence-corrected chi connectivity index (χ2v) is 9.30. The van der Waals surface area contributed by atoms with Crippen molar-refractivity contribution >= 4 is 11.3 Å². The number of aliphatic hydroxyl groups is 1. The molecule has 0 saturated carbocycles. The summed E-state index contributed by atoms with van der Waals surface area (Å²) in [6, 6.07) is 9.65. The highest BCUT2D eigenvalue weighted by Crippen LogP contribution is 2.47. The lowest BCUT2D eigenvalue weighted by molar-refractivity contribution is -0.838. The highest BCUT2D eigenvalue weighted by Gasteiger charge is 2.58. The van der Waals surface area contributed by atoms with Crippen molar-refractivity contribution in [1.82, 2.24) is 4.98 Å². The van der Waals surface area contributed by atoms with Crippen LogP contribution in [-0.2, 0) is 5.60 Å². The molecular formula is C26H24F7N2O4S+. The van der Waals surface area contributed by atoms with Crippen LogP contribution in [0, 0.1) is 0 Å². The number of nitrogens with zero attached hydrogens (tertiary/aromatic N) is 1. The third-order valence-corrected chi connectivity index (χ3v) is 7.01. The van der Waals surface area contributed by atoms with Gasteiger partial charge in [0.15, 0.2) is 11.5 Å². The van der Waals surface area contributed by atoms with Gasteiger partial charge in [-0.25, -0.2) is 10.2 Å². The lowest BCUT2D eigenvalue weighted by Crippen LogP contribution is -2.73. The number of thiazole rings is 1. The van der Waals surface area contributed by atoms with Gasteiger partial charge in [-0.2, -0.15) is 36.2 Å². The fourth-order valence-corrected chi connectivity index (χ4v) is 5.07. The first kappa shape index (κ1) is 31.1. The molecule has 0 aliphatic heterocycles. The second kappa shape index (κ2) is 13.3. The van der Waals surface area contributed by atoms with Crippen molar-refractivity contribution in [2.45, 2.75) is 44.3 Å². The minimum absolute atomic E-state index is 0.0570. The van der Waals surface area contributed by atoms with Crippen LogP contribution in [0.4, 0.5) is 30.7 Å². The summed E-state index contributed by atoms with van der Waals surface area (Å²) >= 11 is 0.546. The zero-order chi connectivity index (χ0) is 29.5. The van der Waals surface area contributed by atoms with Gasteiger partial charge in [-0.05, 0) is 48.3 Å². The Labute approximate surface area is 228 Å². The van der Waals surface area contributed by atoms with Gasteiger partial charge >= 0.3 is 19.4 Å². The monoisotopic (exact) mass is 593 g/mol. The van der Waals surface area contributed by atoms with Crippen molar-refractivity contribution in [3.8, 4) is 11.5 Å². The normalized spacial score (nSPS) is 15.1. The predicted octanol–water partition coefficient (Wildman–Crippen LogP) is 6.08. The van der Waals surface area contributed by atoms with E-state index in [0.29, 0.717) is 16.9 Å². The van der Waals surface area contributed by atoms with Crippen molar-refractivity contribution in [1.29, 1.82) is 0 Å². The molecule has 40 heavy (non-hydrogen) atoms. The van der Waals surface area contributed by atoms with Gasteiger partial charge in [0.05, 0.1) is 0 Å². The van der Waals surface area contributed by atoms with E-state index in [1.807, 2.05) is 0 Å². The second-order valence-electron chi connectivity index (χ2n) is 8.23. The number of hydroxylamine groups is 1. The molecule has 2 atom stereocenters. The van der Waals surface area contributed by atoms with Crippen molar-refractivity contribution in [2.75, 3.05) is 0 Å². The van der Waals surface area contributed by atoms with Gasteiger partial charge in [0, 0.05) is 17.0 Å².